The van der Waals surface area contributed by atoms with Crippen molar-refractivity contribution in [1.29, 1.82) is 10.5 Å². The summed E-state index contributed by atoms with van der Waals surface area (Å²) in [6.45, 7) is 3.49. The van der Waals surface area contributed by atoms with Crippen LogP contribution >= 0.6 is 0 Å². The zero-order valence-corrected chi connectivity index (χ0v) is 14.6. The average Bonchev–Trinajstić information content (AvgIpc) is 3.25. The molecule has 0 aromatic carbocycles. The van der Waals surface area contributed by atoms with Crippen molar-refractivity contribution < 1.29 is 4.79 Å². The van der Waals surface area contributed by atoms with E-state index >= 15 is 0 Å². The van der Waals surface area contributed by atoms with Crippen LogP contribution in [-0.2, 0) is 11.2 Å². The molecule has 3 heterocycles. The molecule has 0 bridgehead atoms. The molecule has 4 rings (SSSR count). The van der Waals surface area contributed by atoms with Crippen molar-refractivity contribution in [2.75, 3.05) is 13.1 Å². The minimum Gasteiger partial charge on any atom is -0.342 e. The monoisotopic (exact) mass is 345 g/mol. The van der Waals surface area contributed by atoms with E-state index in [-0.39, 0.29) is 18.4 Å². The summed E-state index contributed by atoms with van der Waals surface area (Å²) < 4.78 is 2.21. The SMILES string of the molecule is C[C@H]1CCN(C(=O)CC#N)C[C@H]1n1ccc2cnc3c(c21)C(C#N)=CC3. The highest BCUT2D eigenvalue weighted by atomic mass is 16.2. The largest absolute Gasteiger partial charge is 0.342 e. The number of nitriles is 2. The van der Waals surface area contributed by atoms with E-state index in [1.165, 1.54) is 0 Å². The minimum absolute atomic E-state index is 0.0752. The normalized spacial score (nSPS) is 21.8. The van der Waals surface area contributed by atoms with Gasteiger partial charge < -0.3 is 9.47 Å². The summed E-state index contributed by atoms with van der Waals surface area (Å²) in [6, 6.07) is 6.39. The van der Waals surface area contributed by atoms with Crippen LogP contribution in [0.2, 0.25) is 0 Å². The molecule has 2 aliphatic rings. The molecule has 2 atom stereocenters. The van der Waals surface area contributed by atoms with Crippen LogP contribution < -0.4 is 0 Å². The third-order valence-corrected chi connectivity index (χ3v) is 5.58. The highest BCUT2D eigenvalue weighted by Gasteiger charge is 2.32. The van der Waals surface area contributed by atoms with Crippen LogP contribution in [0.15, 0.2) is 24.5 Å². The molecule has 2 aromatic heterocycles. The Hall–Kier alpha value is -3.12. The number of carbonyl (C=O) groups excluding carboxylic acids is 1. The number of likely N-dealkylation sites (tertiary alicyclic amines) is 1. The fraction of sp³-hybridized carbons (Fsp3) is 0.400. The lowest BCUT2D eigenvalue weighted by Gasteiger charge is -2.38. The molecule has 1 aliphatic carbocycles. The second-order valence-electron chi connectivity index (χ2n) is 7.05. The second-order valence-corrected chi connectivity index (χ2v) is 7.05. The molecule has 1 saturated heterocycles. The van der Waals surface area contributed by atoms with Gasteiger partial charge in [0.15, 0.2) is 0 Å². The Morgan fingerprint density at radius 1 is 1.42 bits per heavy atom. The van der Waals surface area contributed by atoms with Crippen molar-refractivity contribution in [3.8, 4) is 12.1 Å². The number of amides is 1. The third kappa shape index (κ3) is 2.46. The molecule has 0 spiro atoms. The Morgan fingerprint density at radius 3 is 3.04 bits per heavy atom. The summed E-state index contributed by atoms with van der Waals surface area (Å²) in [4.78, 5) is 18.5. The highest BCUT2D eigenvalue weighted by Crippen LogP contribution is 2.37. The molecule has 0 N–H and O–H groups in total. The van der Waals surface area contributed by atoms with Gasteiger partial charge >= 0.3 is 0 Å². The number of fused-ring (bicyclic) bond motifs is 3. The summed E-state index contributed by atoms with van der Waals surface area (Å²) in [6.07, 6.45) is 7.35. The molecule has 6 nitrogen and oxygen atoms in total. The maximum Gasteiger partial charge on any atom is 0.236 e. The Labute approximate surface area is 152 Å². The van der Waals surface area contributed by atoms with Gasteiger partial charge in [0.25, 0.3) is 0 Å². The first-order chi connectivity index (χ1) is 12.6. The fourth-order valence-corrected chi connectivity index (χ4v) is 4.12. The number of rotatable bonds is 2. The molecule has 1 aliphatic heterocycles. The van der Waals surface area contributed by atoms with E-state index in [1.54, 1.807) is 4.90 Å². The van der Waals surface area contributed by atoms with E-state index in [9.17, 15) is 10.1 Å². The number of carbonyl (C=O) groups is 1. The van der Waals surface area contributed by atoms with Crippen LogP contribution in [0.5, 0.6) is 0 Å². The predicted octanol–water partition coefficient (Wildman–Crippen LogP) is 2.82. The van der Waals surface area contributed by atoms with Crippen LogP contribution in [0.25, 0.3) is 16.5 Å². The number of pyridine rings is 1. The molecular formula is C20H19N5O. The Bertz CT molecular complexity index is 1000. The van der Waals surface area contributed by atoms with Crippen molar-refractivity contribution in [2.24, 2.45) is 5.92 Å². The van der Waals surface area contributed by atoms with E-state index in [1.807, 2.05) is 30.6 Å². The van der Waals surface area contributed by atoms with E-state index in [0.717, 1.165) is 28.6 Å². The summed E-state index contributed by atoms with van der Waals surface area (Å²) in [7, 11) is 0. The van der Waals surface area contributed by atoms with Crippen molar-refractivity contribution in [2.45, 2.75) is 32.2 Å². The maximum absolute atomic E-state index is 12.2. The summed E-state index contributed by atoms with van der Waals surface area (Å²) in [5.41, 5.74) is 3.59. The zero-order valence-electron chi connectivity index (χ0n) is 14.6. The lowest BCUT2D eigenvalue weighted by Crippen LogP contribution is -2.43. The molecule has 0 radical (unpaired) electrons. The lowest BCUT2D eigenvalue weighted by atomic mass is 9.92. The van der Waals surface area contributed by atoms with E-state index in [4.69, 9.17) is 5.26 Å². The number of hydrogen-bond acceptors (Lipinski definition) is 4. The average molecular weight is 345 g/mol. The molecule has 130 valence electrons. The number of nitrogens with zero attached hydrogens (tertiary/aromatic N) is 5. The maximum atomic E-state index is 12.2. The molecule has 0 saturated carbocycles. The van der Waals surface area contributed by atoms with Crippen molar-refractivity contribution >= 4 is 22.4 Å². The van der Waals surface area contributed by atoms with Gasteiger partial charge in [0.1, 0.15) is 6.42 Å². The van der Waals surface area contributed by atoms with Gasteiger partial charge in [-0.1, -0.05) is 13.0 Å². The van der Waals surface area contributed by atoms with Gasteiger partial charge in [-0.3, -0.25) is 9.78 Å². The second kappa shape index (κ2) is 6.31. The first-order valence-electron chi connectivity index (χ1n) is 8.87. The van der Waals surface area contributed by atoms with Gasteiger partial charge in [0.05, 0.1) is 35.0 Å². The van der Waals surface area contributed by atoms with Crippen molar-refractivity contribution in [3.63, 3.8) is 0 Å². The fourth-order valence-electron chi connectivity index (χ4n) is 4.12. The number of aromatic nitrogens is 2. The first kappa shape index (κ1) is 16.4. The van der Waals surface area contributed by atoms with Gasteiger partial charge in [0.2, 0.25) is 5.91 Å². The standard InChI is InChI=1S/C20H19N5O/c1-13-5-8-24(18(26)4-7-21)12-17(13)25-9-6-15-11-23-16-3-2-14(10-22)19(16)20(15)25/h2,6,9,11,13,17H,3-5,8,12H2,1H3/t13-,17+/m0/s1. The smallest absolute Gasteiger partial charge is 0.236 e. The zero-order chi connectivity index (χ0) is 18.3. The van der Waals surface area contributed by atoms with Crippen LogP contribution in [-0.4, -0.2) is 33.4 Å². The van der Waals surface area contributed by atoms with Gasteiger partial charge in [-0.2, -0.15) is 10.5 Å². The molecular weight excluding hydrogens is 326 g/mol. The molecule has 26 heavy (non-hydrogen) atoms. The summed E-state index contributed by atoms with van der Waals surface area (Å²) in [5.74, 6) is 0.293. The molecule has 2 aromatic rings. The summed E-state index contributed by atoms with van der Waals surface area (Å²) >= 11 is 0. The Balaban J connectivity index is 1.78. The van der Waals surface area contributed by atoms with Crippen LogP contribution in [0.1, 0.15) is 37.1 Å². The number of hydrogen-bond donors (Lipinski definition) is 0. The van der Waals surface area contributed by atoms with Crippen LogP contribution in [0, 0.1) is 28.6 Å². The van der Waals surface area contributed by atoms with Gasteiger partial charge in [-0.05, 0) is 18.4 Å². The summed E-state index contributed by atoms with van der Waals surface area (Å²) in [5, 5.41) is 19.3. The van der Waals surface area contributed by atoms with E-state index < -0.39 is 0 Å². The molecule has 1 fully saturated rings. The first-order valence-corrected chi connectivity index (χ1v) is 8.87. The van der Waals surface area contributed by atoms with Gasteiger partial charge in [-0.25, -0.2) is 0 Å². The Kier molecular flexibility index (Phi) is 3.97. The third-order valence-electron chi connectivity index (χ3n) is 5.58. The number of piperidine rings is 1. The molecule has 0 unspecified atom stereocenters. The topological polar surface area (TPSA) is 85.7 Å². The number of allylic oxidation sites excluding steroid dienone is 2. The minimum atomic E-state index is -0.106. The predicted molar refractivity (Wildman–Crippen MR) is 96.7 cm³/mol. The van der Waals surface area contributed by atoms with Crippen molar-refractivity contribution in [1.82, 2.24) is 14.5 Å². The molecule has 1 amide bonds. The van der Waals surface area contributed by atoms with Crippen LogP contribution in [0.4, 0.5) is 0 Å². The highest BCUT2D eigenvalue weighted by molar-refractivity contribution is 5.97. The van der Waals surface area contributed by atoms with Crippen molar-refractivity contribution in [3.05, 3.63) is 35.8 Å². The lowest BCUT2D eigenvalue weighted by molar-refractivity contribution is -0.132. The van der Waals surface area contributed by atoms with Gasteiger partial charge in [0, 0.05) is 42.9 Å². The Morgan fingerprint density at radius 2 is 2.27 bits per heavy atom. The van der Waals surface area contributed by atoms with Crippen LogP contribution in [0.3, 0.4) is 0 Å². The van der Waals surface area contributed by atoms with E-state index in [0.29, 0.717) is 31.0 Å². The quantitative estimate of drug-likeness (QED) is 0.837. The van der Waals surface area contributed by atoms with Gasteiger partial charge in [-0.15, -0.1) is 0 Å². The molecule has 6 heteroatoms. The van der Waals surface area contributed by atoms with E-state index in [2.05, 4.69) is 22.5 Å².